The van der Waals surface area contributed by atoms with Gasteiger partial charge in [-0.2, -0.15) is 0 Å². The number of nitrogen functional groups attached to an aromatic ring is 1. The smallest absolute Gasteiger partial charge is 0.285 e. The molecule has 0 bridgehead atoms. The molecule has 0 aliphatic heterocycles. The summed E-state index contributed by atoms with van der Waals surface area (Å²) in [5.74, 6) is 0.395. The van der Waals surface area contributed by atoms with Gasteiger partial charge in [0.05, 0.1) is 19.6 Å². The van der Waals surface area contributed by atoms with Crippen molar-refractivity contribution in [2.75, 3.05) is 5.73 Å². The number of nitro benzene ring substituents is 1. The van der Waals surface area contributed by atoms with Gasteiger partial charge in [0.25, 0.3) is 5.69 Å². The SMILES string of the molecule is Nc1ccn(-c2nc3cc(Br)c([N+](=O)[O-])cc3s2)n1. The van der Waals surface area contributed by atoms with E-state index in [4.69, 9.17) is 5.73 Å². The summed E-state index contributed by atoms with van der Waals surface area (Å²) >= 11 is 4.48. The zero-order valence-corrected chi connectivity index (χ0v) is 11.7. The van der Waals surface area contributed by atoms with Gasteiger partial charge in [0.15, 0.2) is 0 Å². The molecule has 0 unspecified atom stereocenters. The van der Waals surface area contributed by atoms with Crippen molar-refractivity contribution in [3.05, 3.63) is 39.0 Å². The van der Waals surface area contributed by atoms with Crippen molar-refractivity contribution in [2.45, 2.75) is 0 Å². The van der Waals surface area contributed by atoms with Gasteiger partial charge in [-0.1, -0.05) is 11.3 Å². The third-order valence-electron chi connectivity index (χ3n) is 2.45. The summed E-state index contributed by atoms with van der Waals surface area (Å²) in [4.78, 5) is 14.8. The van der Waals surface area contributed by atoms with Crippen LogP contribution in [0.1, 0.15) is 0 Å². The van der Waals surface area contributed by atoms with Crippen LogP contribution in [-0.2, 0) is 0 Å². The van der Waals surface area contributed by atoms with E-state index in [1.54, 1.807) is 23.0 Å². The van der Waals surface area contributed by atoms with Crippen molar-refractivity contribution in [3.63, 3.8) is 0 Å². The van der Waals surface area contributed by atoms with Crippen LogP contribution in [-0.4, -0.2) is 19.7 Å². The Morgan fingerprint density at radius 2 is 2.26 bits per heavy atom. The molecule has 9 heteroatoms. The number of halogens is 1. The van der Waals surface area contributed by atoms with E-state index in [9.17, 15) is 10.1 Å². The molecule has 0 saturated carbocycles. The van der Waals surface area contributed by atoms with E-state index in [2.05, 4.69) is 26.0 Å². The Balaban J connectivity index is 2.18. The first kappa shape index (κ1) is 12.1. The Morgan fingerprint density at radius 1 is 1.47 bits per heavy atom. The van der Waals surface area contributed by atoms with Crippen LogP contribution in [0.3, 0.4) is 0 Å². The summed E-state index contributed by atoms with van der Waals surface area (Å²) in [6, 6.07) is 4.78. The van der Waals surface area contributed by atoms with Crippen LogP contribution < -0.4 is 5.73 Å². The summed E-state index contributed by atoms with van der Waals surface area (Å²) in [6.07, 6.45) is 1.69. The van der Waals surface area contributed by atoms with Gasteiger partial charge in [0, 0.05) is 18.3 Å². The van der Waals surface area contributed by atoms with Crippen LogP contribution in [0.15, 0.2) is 28.9 Å². The van der Waals surface area contributed by atoms with Gasteiger partial charge in [-0.3, -0.25) is 10.1 Å². The number of nitrogens with zero attached hydrogens (tertiary/aromatic N) is 4. The number of thiazole rings is 1. The molecule has 0 fully saturated rings. The van der Waals surface area contributed by atoms with Crippen LogP contribution in [0.4, 0.5) is 11.5 Å². The first-order valence-electron chi connectivity index (χ1n) is 5.10. The van der Waals surface area contributed by atoms with Crippen LogP contribution in [0, 0.1) is 10.1 Å². The largest absolute Gasteiger partial charge is 0.382 e. The molecule has 3 rings (SSSR count). The molecule has 2 heterocycles. The summed E-state index contributed by atoms with van der Waals surface area (Å²) in [7, 11) is 0. The highest BCUT2D eigenvalue weighted by atomic mass is 79.9. The van der Waals surface area contributed by atoms with Crippen LogP contribution in [0.25, 0.3) is 15.3 Å². The van der Waals surface area contributed by atoms with Gasteiger partial charge >= 0.3 is 0 Å². The van der Waals surface area contributed by atoms with Gasteiger partial charge in [0.1, 0.15) is 5.82 Å². The lowest BCUT2D eigenvalue weighted by Gasteiger charge is -1.93. The van der Waals surface area contributed by atoms with Crippen molar-refractivity contribution < 1.29 is 4.92 Å². The maximum absolute atomic E-state index is 10.9. The van der Waals surface area contributed by atoms with E-state index in [-0.39, 0.29) is 5.69 Å². The summed E-state index contributed by atoms with van der Waals surface area (Å²) in [5.41, 5.74) is 6.24. The lowest BCUT2D eigenvalue weighted by molar-refractivity contribution is -0.385. The molecule has 3 aromatic rings. The van der Waals surface area contributed by atoms with E-state index in [0.29, 0.717) is 20.9 Å². The monoisotopic (exact) mass is 339 g/mol. The van der Waals surface area contributed by atoms with Gasteiger partial charge < -0.3 is 5.73 Å². The van der Waals surface area contributed by atoms with Gasteiger partial charge in [-0.25, -0.2) is 9.67 Å². The van der Waals surface area contributed by atoms with Crippen molar-refractivity contribution >= 4 is 49.0 Å². The second-order valence-electron chi connectivity index (χ2n) is 3.71. The molecule has 2 N–H and O–H groups in total. The zero-order chi connectivity index (χ0) is 13.6. The maximum Gasteiger partial charge on any atom is 0.285 e. The molecular formula is C10H6BrN5O2S. The van der Waals surface area contributed by atoms with E-state index < -0.39 is 4.92 Å². The lowest BCUT2D eigenvalue weighted by atomic mass is 10.3. The number of nitro groups is 1. The molecule has 0 radical (unpaired) electrons. The zero-order valence-electron chi connectivity index (χ0n) is 9.28. The Labute approximate surface area is 118 Å². The minimum Gasteiger partial charge on any atom is -0.382 e. The third-order valence-corrected chi connectivity index (χ3v) is 4.09. The minimum atomic E-state index is -0.436. The fourth-order valence-corrected chi connectivity index (χ4v) is 3.00. The quantitative estimate of drug-likeness (QED) is 0.571. The Hall–Kier alpha value is -2.00. The molecule has 19 heavy (non-hydrogen) atoms. The molecule has 0 saturated heterocycles. The first-order chi connectivity index (χ1) is 9.04. The molecule has 0 amide bonds. The summed E-state index contributed by atoms with van der Waals surface area (Å²) in [5, 5.41) is 15.5. The van der Waals surface area contributed by atoms with E-state index in [1.807, 2.05) is 0 Å². The number of hydrogen-bond acceptors (Lipinski definition) is 6. The van der Waals surface area contributed by atoms with E-state index in [1.165, 1.54) is 17.4 Å². The average Bonchev–Trinajstić information content (AvgIpc) is 2.93. The second-order valence-corrected chi connectivity index (χ2v) is 5.57. The van der Waals surface area contributed by atoms with Crippen molar-refractivity contribution in [2.24, 2.45) is 0 Å². The van der Waals surface area contributed by atoms with E-state index >= 15 is 0 Å². The third kappa shape index (κ3) is 2.06. The average molecular weight is 340 g/mol. The molecular weight excluding hydrogens is 334 g/mol. The van der Waals surface area contributed by atoms with Crippen LogP contribution >= 0.6 is 27.3 Å². The molecule has 0 atom stereocenters. The summed E-state index contributed by atoms with van der Waals surface area (Å²) < 4.78 is 2.67. The highest BCUT2D eigenvalue weighted by Gasteiger charge is 2.16. The second kappa shape index (κ2) is 4.28. The molecule has 0 aliphatic rings. The highest BCUT2D eigenvalue weighted by Crippen LogP contribution is 2.33. The normalized spacial score (nSPS) is 11.0. The predicted octanol–water partition coefficient (Wildman–Crippen LogP) is 2.73. The number of aromatic nitrogens is 3. The molecule has 0 spiro atoms. The molecule has 0 aliphatic carbocycles. The standard InChI is InChI=1S/C10H6BrN5O2S/c11-5-3-6-8(4-7(5)16(17)18)19-10(13-6)15-2-1-9(12)14-15/h1-4H,(H2,12,14). The van der Waals surface area contributed by atoms with Crippen molar-refractivity contribution in [1.29, 1.82) is 0 Å². The minimum absolute atomic E-state index is 0.0164. The van der Waals surface area contributed by atoms with Gasteiger partial charge in [-0.15, -0.1) is 5.10 Å². The fourth-order valence-electron chi connectivity index (χ4n) is 1.61. The molecule has 2 aromatic heterocycles. The number of anilines is 1. The number of rotatable bonds is 2. The Morgan fingerprint density at radius 3 is 2.89 bits per heavy atom. The number of benzene rings is 1. The first-order valence-corrected chi connectivity index (χ1v) is 6.71. The number of hydrogen-bond donors (Lipinski definition) is 1. The van der Waals surface area contributed by atoms with Gasteiger partial charge in [0.2, 0.25) is 5.13 Å². The topological polar surface area (TPSA) is 99.9 Å². The van der Waals surface area contributed by atoms with Gasteiger partial charge in [-0.05, 0) is 22.0 Å². The highest BCUT2D eigenvalue weighted by molar-refractivity contribution is 9.10. The van der Waals surface area contributed by atoms with Crippen LogP contribution in [0.2, 0.25) is 0 Å². The Kier molecular flexibility index (Phi) is 2.72. The predicted molar refractivity (Wildman–Crippen MR) is 75.5 cm³/mol. The summed E-state index contributed by atoms with van der Waals surface area (Å²) in [6.45, 7) is 0. The van der Waals surface area contributed by atoms with Crippen molar-refractivity contribution in [1.82, 2.24) is 14.8 Å². The maximum atomic E-state index is 10.9. The number of nitrogens with two attached hydrogens (primary N) is 1. The van der Waals surface area contributed by atoms with Crippen LogP contribution in [0.5, 0.6) is 0 Å². The lowest BCUT2D eigenvalue weighted by Crippen LogP contribution is -1.94. The van der Waals surface area contributed by atoms with Crippen molar-refractivity contribution in [3.8, 4) is 5.13 Å². The Bertz CT molecular complexity index is 796. The molecule has 96 valence electrons. The molecule has 1 aromatic carbocycles. The number of fused-ring (bicyclic) bond motifs is 1. The van der Waals surface area contributed by atoms with E-state index in [0.717, 1.165) is 4.70 Å². The molecule has 7 nitrogen and oxygen atoms in total. The fraction of sp³-hybridized carbons (Fsp3) is 0.